The molecule has 0 aromatic heterocycles. The van der Waals surface area contributed by atoms with Crippen LogP contribution < -0.4 is 33.3 Å². The molecule has 18 heavy (non-hydrogen) atoms. The summed E-state index contributed by atoms with van der Waals surface area (Å²) in [6.07, 6.45) is 0.621. The van der Waals surface area contributed by atoms with Crippen LogP contribution in [0.1, 0.15) is 13.8 Å². The lowest BCUT2D eigenvalue weighted by Crippen LogP contribution is -2.51. The average Bonchev–Trinajstić information content (AvgIpc) is 2.32. The Balaban J connectivity index is 3.58. The first-order valence-corrected chi connectivity index (χ1v) is 6.34. The molecule has 106 valence electrons. The van der Waals surface area contributed by atoms with Gasteiger partial charge in [-0.25, -0.2) is 26.8 Å². The van der Waals surface area contributed by atoms with Crippen LogP contribution in [0.2, 0.25) is 0 Å². The molecular formula is C7H19N6O4P. The third-order valence-corrected chi connectivity index (χ3v) is 2.25. The molecular weight excluding hydrogens is 263 g/mol. The number of carbonyl (C=O) groups is 2. The molecule has 0 spiro atoms. The van der Waals surface area contributed by atoms with Crippen LogP contribution in [0.25, 0.3) is 0 Å². The highest BCUT2D eigenvalue weighted by Gasteiger charge is 2.19. The molecule has 0 fully saturated rings. The minimum Gasteiger partial charge on any atom is -0.352 e. The maximum Gasteiger partial charge on any atom is 0.352 e. The standard InChI is InChI=1S/C7H19N6O4P/c1-7(2,10-5(14)11-8)16-3-18-4-17-13-6(15)12-9/h18H,3-4,8-9H2,1-2H3,(H2,10,11,14)(H2,12,13,15). The summed E-state index contributed by atoms with van der Waals surface area (Å²) in [4.78, 5) is 26.3. The van der Waals surface area contributed by atoms with Crippen LogP contribution in [0.5, 0.6) is 0 Å². The Morgan fingerprint density at radius 1 is 1.17 bits per heavy atom. The third-order valence-electron chi connectivity index (χ3n) is 1.55. The van der Waals surface area contributed by atoms with Crippen molar-refractivity contribution in [1.82, 2.24) is 21.6 Å². The van der Waals surface area contributed by atoms with E-state index in [4.69, 9.17) is 21.3 Å². The zero-order valence-electron chi connectivity index (χ0n) is 10.2. The highest BCUT2D eigenvalue weighted by atomic mass is 31.1. The van der Waals surface area contributed by atoms with E-state index >= 15 is 0 Å². The lowest BCUT2D eigenvalue weighted by Gasteiger charge is -2.26. The number of hydrogen-bond acceptors (Lipinski definition) is 6. The van der Waals surface area contributed by atoms with Crippen molar-refractivity contribution in [2.45, 2.75) is 19.6 Å². The third kappa shape index (κ3) is 8.90. The minimum atomic E-state index is -0.849. The molecule has 0 aliphatic heterocycles. The second-order valence-corrected chi connectivity index (χ2v) is 4.59. The average molecular weight is 282 g/mol. The number of rotatable bonds is 7. The Bertz CT molecular complexity index is 277. The topological polar surface area (TPSA) is 153 Å². The van der Waals surface area contributed by atoms with Gasteiger partial charge in [-0.1, -0.05) is 8.58 Å². The summed E-state index contributed by atoms with van der Waals surface area (Å²) in [6.45, 7) is 3.35. The van der Waals surface area contributed by atoms with Gasteiger partial charge in [-0.15, -0.1) is 0 Å². The van der Waals surface area contributed by atoms with Crippen LogP contribution in [-0.4, -0.2) is 30.5 Å². The van der Waals surface area contributed by atoms with Crippen molar-refractivity contribution in [3.63, 3.8) is 0 Å². The van der Waals surface area contributed by atoms with Gasteiger partial charge in [-0.3, -0.25) is 15.7 Å². The van der Waals surface area contributed by atoms with Crippen LogP contribution in [0.15, 0.2) is 0 Å². The summed E-state index contributed by atoms with van der Waals surface area (Å²) in [6, 6.07) is -1.18. The number of amides is 4. The molecule has 0 heterocycles. The van der Waals surface area contributed by atoms with E-state index in [0.717, 1.165) is 0 Å². The van der Waals surface area contributed by atoms with Gasteiger partial charge in [-0.05, 0) is 13.8 Å². The lowest BCUT2D eigenvalue weighted by atomic mass is 10.3. The first kappa shape index (κ1) is 16.8. The molecule has 0 aromatic carbocycles. The van der Waals surface area contributed by atoms with Gasteiger partial charge in [0.15, 0.2) is 0 Å². The molecule has 4 amide bonds. The fourth-order valence-electron chi connectivity index (χ4n) is 0.801. The first-order valence-electron chi connectivity index (χ1n) is 4.93. The van der Waals surface area contributed by atoms with Gasteiger partial charge in [0.1, 0.15) is 5.72 Å². The van der Waals surface area contributed by atoms with E-state index in [2.05, 4.69) is 10.8 Å². The van der Waals surface area contributed by atoms with Crippen LogP contribution >= 0.6 is 8.58 Å². The summed E-state index contributed by atoms with van der Waals surface area (Å²) in [5, 5.41) is 2.49. The molecule has 10 nitrogen and oxygen atoms in total. The molecule has 0 radical (unpaired) electrons. The van der Waals surface area contributed by atoms with Gasteiger partial charge in [0.25, 0.3) is 0 Å². The van der Waals surface area contributed by atoms with E-state index in [1.807, 2.05) is 10.9 Å². The normalized spacial score (nSPS) is 11.3. The molecule has 1 unspecified atom stereocenters. The van der Waals surface area contributed by atoms with Crippen molar-refractivity contribution in [3.05, 3.63) is 0 Å². The minimum absolute atomic E-state index is 0.270. The van der Waals surface area contributed by atoms with E-state index in [-0.39, 0.29) is 14.9 Å². The summed E-state index contributed by atoms with van der Waals surface area (Å²) < 4.78 is 5.39. The van der Waals surface area contributed by atoms with Crippen molar-refractivity contribution in [2.75, 3.05) is 12.7 Å². The fraction of sp³-hybridized carbons (Fsp3) is 0.714. The molecule has 1 atom stereocenters. The number of nitrogens with two attached hydrogens (primary N) is 2. The van der Waals surface area contributed by atoms with Crippen molar-refractivity contribution >= 4 is 20.6 Å². The number of hydroxylamine groups is 1. The van der Waals surface area contributed by atoms with Gasteiger partial charge in [0.05, 0.1) is 12.7 Å². The number of nitrogens with one attached hydrogen (secondary N) is 4. The van der Waals surface area contributed by atoms with Gasteiger partial charge in [0.2, 0.25) is 0 Å². The maximum atomic E-state index is 11.0. The maximum absolute atomic E-state index is 11.0. The summed E-state index contributed by atoms with van der Waals surface area (Å²) in [5.41, 5.74) is 4.97. The number of hydrazine groups is 2. The van der Waals surface area contributed by atoms with Gasteiger partial charge in [-0.2, -0.15) is 0 Å². The highest BCUT2D eigenvalue weighted by Crippen LogP contribution is 2.14. The molecule has 0 bridgehead atoms. The zero-order chi connectivity index (χ0) is 14.0. The van der Waals surface area contributed by atoms with E-state index in [1.54, 1.807) is 13.8 Å². The predicted molar refractivity (Wildman–Crippen MR) is 66.0 cm³/mol. The Morgan fingerprint density at radius 2 is 1.78 bits per heavy atom. The Labute approximate surface area is 106 Å². The Morgan fingerprint density at radius 3 is 2.33 bits per heavy atom. The number of hydrogen-bond donors (Lipinski definition) is 6. The summed E-state index contributed by atoms with van der Waals surface area (Å²) in [7, 11) is 0.273. The Kier molecular flexibility index (Phi) is 8.25. The largest absolute Gasteiger partial charge is 0.352 e. The highest BCUT2D eigenvalue weighted by molar-refractivity contribution is 7.37. The molecule has 8 N–H and O–H groups in total. The van der Waals surface area contributed by atoms with Gasteiger partial charge >= 0.3 is 12.1 Å². The van der Waals surface area contributed by atoms with Crippen LogP contribution in [-0.2, 0) is 9.57 Å². The second kappa shape index (κ2) is 8.84. The van der Waals surface area contributed by atoms with Crippen LogP contribution in [0, 0.1) is 0 Å². The molecule has 0 rings (SSSR count). The molecule has 0 aromatic rings. The summed E-state index contributed by atoms with van der Waals surface area (Å²) >= 11 is 0. The van der Waals surface area contributed by atoms with Gasteiger partial charge < -0.3 is 10.1 Å². The number of carbonyl (C=O) groups excluding carboxylic acids is 2. The van der Waals surface area contributed by atoms with Crippen LogP contribution in [0.4, 0.5) is 9.59 Å². The molecule has 0 aliphatic carbocycles. The van der Waals surface area contributed by atoms with Crippen molar-refractivity contribution in [2.24, 2.45) is 11.7 Å². The fourth-order valence-corrected chi connectivity index (χ4v) is 1.52. The smallest absolute Gasteiger partial charge is 0.352 e. The SMILES string of the molecule is CC(C)(NC(=O)NN)OCPCONC(=O)NN. The van der Waals surface area contributed by atoms with Crippen molar-refractivity contribution in [3.8, 4) is 0 Å². The second-order valence-electron chi connectivity index (χ2n) is 3.51. The van der Waals surface area contributed by atoms with E-state index < -0.39 is 17.8 Å². The van der Waals surface area contributed by atoms with E-state index in [9.17, 15) is 9.59 Å². The lowest BCUT2D eigenvalue weighted by molar-refractivity contribution is -0.00848. The predicted octanol–water partition coefficient (Wildman–Crippen LogP) is -1.39. The monoisotopic (exact) mass is 282 g/mol. The number of ether oxygens (including phenoxy) is 1. The molecule has 11 heteroatoms. The Hall–Kier alpha value is -1.19. The van der Waals surface area contributed by atoms with Crippen molar-refractivity contribution in [1.29, 1.82) is 0 Å². The van der Waals surface area contributed by atoms with Gasteiger partial charge in [0, 0.05) is 0 Å². The first-order chi connectivity index (χ1) is 8.41. The summed E-state index contributed by atoms with van der Waals surface area (Å²) in [5.74, 6) is 9.73. The molecule has 0 saturated heterocycles. The van der Waals surface area contributed by atoms with Crippen LogP contribution in [0.3, 0.4) is 0 Å². The zero-order valence-corrected chi connectivity index (χ0v) is 11.2. The van der Waals surface area contributed by atoms with E-state index in [1.165, 1.54) is 0 Å². The van der Waals surface area contributed by atoms with E-state index in [0.29, 0.717) is 6.35 Å². The molecule has 0 aliphatic rings. The quantitative estimate of drug-likeness (QED) is 0.0844. The van der Waals surface area contributed by atoms with Crippen molar-refractivity contribution < 1.29 is 19.2 Å². The molecule has 0 saturated carbocycles. The number of urea groups is 2.